The Labute approximate surface area is 76.6 Å². The van der Waals surface area contributed by atoms with Gasteiger partial charge in [0.1, 0.15) is 0 Å². The lowest BCUT2D eigenvalue weighted by atomic mass is 10.1. The molecule has 2 N–H and O–H groups in total. The second-order valence-corrected chi connectivity index (χ2v) is 3.09. The zero-order valence-corrected chi connectivity index (χ0v) is 7.44. The van der Waals surface area contributed by atoms with Crippen LogP contribution in [-0.2, 0) is 0 Å². The van der Waals surface area contributed by atoms with Gasteiger partial charge in [-0.15, -0.1) is 0 Å². The molecular formula is C10H11N3. The number of fused-ring (bicyclic) bond motifs is 1. The first-order chi connectivity index (χ1) is 6.27. The molecule has 0 saturated carbocycles. The van der Waals surface area contributed by atoms with Crippen LogP contribution in [0.15, 0.2) is 30.6 Å². The van der Waals surface area contributed by atoms with E-state index in [4.69, 9.17) is 5.73 Å². The molecule has 0 fully saturated rings. The summed E-state index contributed by atoms with van der Waals surface area (Å²) in [5, 5.41) is 0. The Morgan fingerprint density at radius 3 is 2.54 bits per heavy atom. The molecule has 3 nitrogen and oxygen atoms in total. The smallest absolute Gasteiger partial charge is 0.0890 e. The first-order valence-corrected chi connectivity index (χ1v) is 4.23. The Kier molecular flexibility index (Phi) is 1.94. The number of rotatable bonds is 1. The van der Waals surface area contributed by atoms with Crippen molar-refractivity contribution < 1.29 is 0 Å². The predicted octanol–water partition coefficient (Wildman–Crippen LogP) is 1.65. The minimum Gasteiger partial charge on any atom is -0.324 e. The molecule has 1 aromatic heterocycles. The van der Waals surface area contributed by atoms with Crippen LogP contribution in [0.25, 0.3) is 11.0 Å². The van der Waals surface area contributed by atoms with Gasteiger partial charge in [-0.2, -0.15) is 0 Å². The predicted molar refractivity (Wildman–Crippen MR) is 52.1 cm³/mol. The van der Waals surface area contributed by atoms with Crippen LogP contribution >= 0.6 is 0 Å². The highest BCUT2D eigenvalue weighted by molar-refractivity contribution is 5.74. The largest absolute Gasteiger partial charge is 0.324 e. The first kappa shape index (κ1) is 8.13. The van der Waals surface area contributed by atoms with Crippen LogP contribution in [0.5, 0.6) is 0 Å². The van der Waals surface area contributed by atoms with Crippen LogP contribution in [0.3, 0.4) is 0 Å². The highest BCUT2D eigenvalue weighted by Gasteiger charge is 2.00. The van der Waals surface area contributed by atoms with Gasteiger partial charge in [-0.05, 0) is 24.6 Å². The van der Waals surface area contributed by atoms with Gasteiger partial charge < -0.3 is 5.73 Å². The van der Waals surface area contributed by atoms with Gasteiger partial charge in [0.2, 0.25) is 0 Å². The Hall–Kier alpha value is -1.48. The van der Waals surface area contributed by atoms with Gasteiger partial charge in [-0.1, -0.05) is 6.07 Å². The van der Waals surface area contributed by atoms with E-state index in [1.165, 1.54) is 0 Å². The molecule has 0 amide bonds. The van der Waals surface area contributed by atoms with Crippen molar-refractivity contribution in [2.75, 3.05) is 0 Å². The van der Waals surface area contributed by atoms with E-state index in [1.54, 1.807) is 12.4 Å². The maximum atomic E-state index is 5.76. The Balaban J connectivity index is 2.62. The van der Waals surface area contributed by atoms with Crippen molar-refractivity contribution in [3.05, 3.63) is 36.2 Å². The van der Waals surface area contributed by atoms with Crippen molar-refractivity contribution in [1.82, 2.24) is 9.97 Å². The van der Waals surface area contributed by atoms with Crippen molar-refractivity contribution in [2.45, 2.75) is 13.0 Å². The maximum absolute atomic E-state index is 5.76. The van der Waals surface area contributed by atoms with Crippen LogP contribution < -0.4 is 5.73 Å². The lowest BCUT2D eigenvalue weighted by Crippen LogP contribution is -2.04. The van der Waals surface area contributed by atoms with Crippen LogP contribution in [0.1, 0.15) is 18.5 Å². The third-order valence-electron chi connectivity index (χ3n) is 2.02. The molecule has 1 unspecified atom stereocenters. The fraction of sp³-hybridized carbons (Fsp3) is 0.200. The molecular weight excluding hydrogens is 162 g/mol. The Morgan fingerprint density at radius 1 is 1.15 bits per heavy atom. The topological polar surface area (TPSA) is 51.8 Å². The molecule has 1 atom stereocenters. The van der Waals surface area contributed by atoms with Crippen molar-refractivity contribution in [3.8, 4) is 0 Å². The van der Waals surface area contributed by atoms with Gasteiger partial charge in [0.05, 0.1) is 11.0 Å². The summed E-state index contributed by atoms with van der Waals surface area (Å²) < 4.78 is 0. The fourth-order valence-corrected chi connectivity index (χ4v) is 1.26. The zero-order valence-electron chi connectivity index (χ0n) is 7.44. The number of hydrogen-bond donors (Lipinski definition) is 1. The summed E-state index contributed by atoms with van der Waals surface area (Å²) in [4.78, 5) is 8.38. The van der Waals surface area contributed by atoms with Gasteiger partial charge in [0, 0.05) is 18.4 Å². The molecule has 1 heterocycles. The van der Waals surface area contributed by atoms with E-state index in [2.05, 4.69) is 9.97 Å². The molecule has 0 aliphatic rings. The van der Waals surface area contributed by atoms with E-state index in [0.29, 0.717) is 0 Å². The van der Waals surface area contributed by atoms with Crippen molar-refractivity contribution in [1.29, 1.82) is 0 Å². The minimum absolute atomic E-state index is 0.0476. The maximum Gasteiger partial charge on any atom is 0.0890 e. The number of nitrogens with two attached hydrogens (primary N) is 1. The van der Waals surface area contributed by atoms with Crippen LogP contribution in [-0.4, -0.2) is 9.97 Å². The second-order valence-electron chi connectivity index (χ2n) is 3.09. The summed E-state index contributed by atoms with van der Waals surface area (Å²) in [7, 11) is 0. The molecule has 13 heavy (non-hydrogen) atoms. The Bertz CT molecular complexity index is 423. The van der Waals surface area contributed by atoms with Gasteiger partial charge in [0.25, 0.3) is 0 Å². The summed E-state index contributed by atoms with van der Waals surface area (Å²) in [6.45, 7) is 1.96. The molecule has 0 aliphatic heterocycles. The molecule has 66 valence electrons. The lowest BCUT2D eigenvalue weighted by molar-refractivity contribution is 0.819. The van der Waals surface area contributed by atoms with E-state index in [9.17, 15) is 0 Å². The second kappa shape index (κ2) is 3.11. The van der Waals surface area contributed by atoms with Gasteiger partial charge >= 0.3 is 0 Å². The summed E-state index contributed by atoms with van der Waals surface area (Å²) >= 11 is 0. The fourth-order valence-electron chi connectivity index (χ4n) is 1.26. The lowest BCUT2D eigenvalue weighted by Gasteiger charge is -2.05. The first-order valence-electron chi connectivity index (χ1n) is 4.23. The van der Waals surface area contributed by atoms with Gasteiger partial charge in [0.15, 0.2) is 0 Å². The van der Waals surface area contributed by atoms with Crippen molar-refractivity contribution in [3.63, 3.8) is 0 Å². The van der Waals surface area contributed by atoms with E-state index >= 15 is 0 Å². The number of aromatic nitrogens is 2. The number of hydrogen-bond acceptors (Lipinski definition) is 3. The summed E-state index contributed by atoms with van der Waals surface area (Å²) in [6.07, 6.45) is 3.38. The number of nitrogens with zero attached hydrogens (tertiary/aromatic N) is 2. The van der Waals surface area contributed by atoms with Gasteiger partial charge in [-0.25, -0.2) is 0 Å². The Morgan fingerprint density at radius 2 is 1.85 bits per heavy atom. The quantitative estimate of drug-likeness (QED) is 0.713. The van der Waals surface area contributed by atoms with Crippen molar-refractivity contribution in [2.24, 2.45) is 5.73 Å². The average molecular weight is 173 g/mol. The zero-order chi connectivity index (χ0) is 9.26. The number of benzene rings is 1. The van der Waals surface area contributed by atoms with Gasteiger partial charge in [-0.3, -0.25) is 9.97 Å². The van der Waals surface area contributed by atoms with Crippen LogP contribution in [0.2, 0.25) is 0 Å². The SMILES string of the molecule is CC(N)c1ccc2nccnc2c1. The van der Waals surface area contributed by atoms with E-state index in [1.807, 2.05) is 25.1 Å². The van der Waals surface area contributed by atoms with Crippen LogP contribution in [0, 0.1) is 0 Å². The average Bonchev–Trinajstić information content (AvgIpc) is 2.17. The molecule has 3 heteroatoms. The van der Waals surface area contributed by atoms with Crippen molar-refractivity contribution >= 4 is 11.0 Å². The highest BCUT2D eigenvalue weighted by atomic mass is 14.8. The monoisotopic (exact) mass is 173 g/mol. The molecule has 0 bridgehead atoms. The van der Waals surface area contributed by atoms with E-state index in [0.717, 1.165) is 16.6 Å². The minimum atomic E-state index is 0.0476. The van der Waals surface area contributed by atoms with E-state index < -0.39 is 0 Å². The highest BCUT2D eigenvalue weighted by Crippen LogP contribution is 2.15. The molecule has 0 radical (unpaired) electrons. The third-order valence-corrected chi connectivity index (χ3v) is 2.02. The normalized spacial score (nSPS) is 13.1. The summed E-state index contributed by atoms with van der Waals surface area (Å²) in [6, 6.07) is 5.96. The summed E-state index contributed by atoms with van der Waals surface area (Å²) in [5.41, 5.74) is 8.66. The van der Waals surface area contributed by atoms with Crippen LogP contribution in [0.4, 0.5) is 0 Å². The summed E-state index contributed by atoms with van der Waals surface area (Å²) in [5.74, 6) is 0. The standard InChI is InChI=1S/C10H11N3/c1-7(11)8-2-3-9-10(6-8)13-5-4-12-9/h2-7H,11H2,1H3. The molecule has 0 saturated heterocycles. The third kappa shape index (κ3) is 1.51. The molecule has 0 aliphatic carbocycles. The molecule has 2 aromatic rings. The molecule has 2 rings (SSSR count). The van der Waals surface area contributed by atoms with E-state index in [-0.39, 0.29) is 6.04 Å². The molecule has 0 spiro atoms. The molecule has 1 aromatic carbocycles.